The summed E-state index contributed by atoms with van der Waals surface area (Å²) in [4.78, 5) is 0. The van der Waals surface area contributed by atoms with Gasteiger partial charge in [-0.05, 0) is 31.2 Å². The van der Waals surface area contributed by atoms with Gasteiger partial charge in [0, 0.05) is 12.6 Å². The number of rotatable bonds is 5. The predicted molar refractivity (Wildman–Crippen MR) is 54.9 cm³/mol. The summed E-state index contributed by atoms with van der Waals surface area (Å²) in [6.45, 7) is 3.30. The lowest BCUT2D eigenvalue weighted by atomic mass is 10.2. The first-order chi connectivity index (χ1) is 6.76. The third-order valence-electron chi connectivity index (χ3n) is 1.78. The number of ether oxygens (including phenoxy) is 1. The van der Waals surface area contributed by atoms with Crippen LogP contribution in [0.5, 0.6) is 5.75 Å². The van der Waals surface area contributed by atoms with Crippen LogP contribution >= 0.6 is 0 Å². The third-order valence-corrected chi connectivity index (χ3v) is 1.78. The van der Waals surface area contributed by atoms with E-state index in [-0.39, 0.29) is 5.82 Å². The molecule has 78 valence electrons. The first-order valence-electron chi connectivity index (χ1n) is 4.83. The van der Waals surface area contributed by atoms with Gasteiger partial charge in [0.1, 0.15) is 11.6 Å². The molecule has 0 saturated heterocycles. The van der Waals surface area contributed by atoms with Crippen LogP contribution in [-0.2, 0) is 6.54 Å². The first kappa shape index (κ1) is 11.0. The summed E-state index contributed by atoms with van der Waals surface area (Å²) in [6.07, 6.45) is 0.928. The summed E-state index contributed by atoms with van der Waals surface area (Å²) in [5.41, 5.74) is 0.901. The van der Waals surface area contributed by atoms with Crippen molar-refractivity contribution in [3.63, 3.8) is 0 Å². The van der Waals surface area contributed by atoms with Crippen molar-refractivity contribution in [2.24, 2.45) is 0 Å². The van der Waals surface area contributed by atoms with Crippen molar-refractivity contribution in [1.82, 2.24) is 5.32 Å². The fraction of sp³-hybridized carbons (Fsp3) is 0.455. The Morgan fingerprint density at radius 3 is 2.79 bits per heavy atom. The zero-order chi connectivity index (χ0) is 10.4. The van der Waals surface area contributed by atoms with Crippen LogP contribution in [0.2, 0.25) is 0 Å². The van der Waals surface area contributed by atoms with Gasteiger partial charge in [-0.25, -0.2) is 4.39 Å². The van der Waals surface area contributed by atoms with E-state index >= 15 is 0 Å². The lowest BCUT2D eigenvalue weighted by Gasteiger charge is -2.07. The van der Waals surface area contributed by atoms with Crippen molar-refractivity contribution >= 4 is 0 Å². The van der Waals surface area contributed by atoms with E-state index in [0.29, 0.717) is 18.9 Å². The molecule has 1 aromatic rings. The average molecular weight is 197 g/mol. The molecule has 0 aliphatic rings. The van der Waals surface area contributed by atoms with E-state index < -0.39 is 0 Å². The zero-order valence-electron chi connectivity index (χ0n) is 8.64. The topological polar surface area (TPSA) is 21.3 Å². The van der Waals surface area contributed by atoms with Crippen molar-refractivity contribution in [3.8, 4) is 5.75 Å². The van der Waals surface area contributed by atoms with Gasteiger partial charge in [-0.15, -0.1) is 0 Å². The highest BCUT2D eigenvalue weighted by atomic mass is 19.1. The number of hydrogen-bond donors (Lipinski definition) is 1. The second-order valence-corrected chi connectivity index (χ2v) is 3.17. The summed E-state index contributed by atoms with van der Waals surface area (Å²) in [7, 11) is 1.83. The summed E-state index contributed by atoms with van der Waals surface area (Å²) < 4.78 is 18.4. The maximum atomic E-state index is 13.1. The Balaban J connectivity index is 2.73. The Kier molecular flexibility index (Phi) is 4.40. The Bertz CT molecular complexity index is 289. The van der Waals surface area contributed by atoms with E-state index in [1.165, 1.54) is 12.1 Å². The van der Waals surface area contributed by atoms with Gasteiger partial charge >= 0.3 is 0 Å². The molecule has 0 aliphatic heterocycles. The van der Waals surface area contributed by atoms with Crippen molar-refractivity contribution in [2.75, 3.05) is 13.7 Å². The minimum absolute atomic E-state index is 0.246. The summed E-state index contributed by atoms with van der Waals surface area (Å²) in [6, 6.07) is 4.78. The predicted octanol–water partition coefficient (Wildman–Crippen LogP) is 2.33. The Hall–Kier alpha value is -1.09. The molecule has 1 N–H and O–H groups in total. The third kappa shape index (κ3) is 3.34. The first-order valence-corrected chi connectivity index (χ1v) is 4.83. The largest absolute Gasteiger partial charge is 0.493 e. The lowest BCUT2D eigenvalue weighted by molar-refractivity contribution is 0.315. The van der Waals surface area contributed by atoms with Gasteiger partial charge in [0.05, 0.1) is 6.61 Å². The van der Waals surface area contributed by atoms with Gasteiger partial charge in [0.15, 0.2) is 0 Å². The van der Waals surface area contributed by atoms with Gasteiger partial charge in [-0.1, -0.05) is 6.92 Å². The molecule has 0 radical (unpaired) electrons. The summed E-state index contributed by atoms with van der Waals surface area (Å²) in [5.74, 6) is 0.362. The van der Waals surface area contributed by atoms with E-state index in [1.807, 2.05) is 20.0 Å². The normalized spacial score (nSPS) is 10.2. The maximum absolute atomic E-state index is 13.1. The maximum Gasteiger partial charge on any atom is 0.127 e. The van der Waals surface area contributed by atoms with Gasteiger partial charge in [-0.3, -0.25) is 0 Å². The van der Waals surface area contributed by atoms with Crippen LogP contribution in [0.25, 0.3) is 0 Å². The highest BCUT2D eigenvalue weighted by Gasteiger charge is 2.00. The minimum Gasteiger partial charge on any atom is -0.493 e. The number of hydrogen-bond acceptors (Lipinski definition) is 2. The van der Waals surface area contributed by atoms with Crippen LogP contribution in [-0.4, -0.2) is 13.7 Å². The zero-order valence-corrected chi connectivity index (χ0v) is 8.64. The molecule has 2 nitrogen and oxygen atoms in total. The molecule has 0 heterocycles. The molecule has 1 rings (SSSR count). The van der Waals surface area contributed by atoms with E-state index in [9.17, 15) is 4.39 Å². The van der Waals surface area contributed by atoms with Crippen LogP contribution in [0.3, 0.4) is 0 Å². The highest BCUT2D eigenvalue weighted by molar-refractivity contribution is 5.29. The Labute approximate surface area is 84.1 Å². The number of benzene rings is 1. The summed E-state index contributed by atoms with van der Waals surface area (Å²) >= 11 is 0. The Morgan fingerprint density at radius 1 is 1.36 bits per heavy atom. The molecular formula is C11H16FNO. The average Bonchev–Trinajstić information content (AvgIpc) is 2.14. The van der Waals surface area contributed by atoms with Crippen molar-refractivity contribution in [2.45, 2.75) is 19.9 Å². The monoisotopic (exact) mass is 197 g/mol. The van der Waals surface area contributed by atoms with Crippen molar-refractivity contribution < 1.29 is 9.13 Å². The second-order valence-electron chi connectivity index (χ2n) is 3.17. The molecule has 0 aliphatic carbocycles. The molecule has 0 atom stereocenters. The molecule has 0 unspecified atom stereocenters. The van der Waals surface area contributed by atoms with E-state index in [4.69, 9.17) is 4.74 Å². The smallest absolute Gasteiger partial charge is 0.127 e. The second kappa shape index (κ2) is 5.60. The fourth-order valence-corrected chi connectivity index (χ4v) is 1.23. The quantitative estimate of drug-likeness (QED) is 0.782. The molecule has 0 bridgehead atoms. The number of nitrogens with one attached hydrogen (secondary N) is 1. The van der Waals surface area contributed by atoms with Gasteiger partial charge < -0.3 is 10.1 Å². The summed E-state index contributed by atoms with van der Waals surface area (Å²) in [5, 5.41) is 2.97. The lowest BCUT2D eigenvalue weighted by Crippen LogP contribution is -2.06. The molecule has 0 aromatic heterocycles. The van der Waals surface area contributed by atoms with Crippen LogP contribution in [0, 0.1) is 5.82 Å². The molecule has 0 spiro atoms. The van der Waals surface area contributed by atoms with E-state index in [1.54, 1.807) is 0 Å². The minimum atomic E-state index is -0.246. The molecule has 14 heavy (non-hydrogen) atoms. The van der Waals surface area contributed by atoms with Crippen LogP contribution in [0.1, 0.15) is 18.9 Å². The fourth-order valence-electron chi connectivity index (χ4n) is 1.23. The molecular weight excluding hydrogens is 181 g/mol. The van der Waals surface area contributed by atoms with Crippen molar-refractivity contribution in [3.05, 3.63) is 29.6 Å². The van der Waals surface area contributed by atoms with E-state index in [0.717, 1.165) is 12.0 Å². The van der Waals surface area contributed by atoms with Crippen LogP contribution in [0.4, 0.5) is 4.39 Å². The van der Waals surface area contributed by atoms with Crippen LogP contribution < -0.4 is 10.1 Å². The standard InChI is InChI=1S/C11H16FNO/c1-3-4-14-11-6-9(8-13-2)5-10(12)7-11/h5-7,13H,3-4,8H2,1-2H3. The molecule has 3 heteroatoms. The molecule has 0 fully saturated rings. The highest BCUT2D eigenvalue weighted by Crippen LogP contribution is 2.16. The molecule has 1 aromatic carbocycles. The Morgan fingerprint density at radius 2 is 2.14 bits per heavy atom. The molecule has 0 saturated carbocycles. The SMILES string of the molecule is CCCOc1cc(F)cc(CNC)c1. The van der Waals surface area contributed by atoms with Crippen LogP contribution in [0.15, 0.2) is 18.2 Å². The van der Waals surface area contributed by atoms with Gasteiger partial charge in [-0.2, -0.15) is 0 Å². The van der Waals surface area contributed by atoms with E-state index in [2.05, 4.69) is 5.32 Å². The number of halogens is 1. The molecule has 0 amide bonds. The van der Waals surface area contributed by atoms with Gasteiger partial charge in [0.25, 0.3) is 0 Å². The van der Waals surface area contributed by atoms with Gasteiger partial charge in [0.2, 0.25) is 0 Å². The van der Waals surface area contributed by atoms with Crippen molar-refractivity contribution in [1.29, 1.82) is 0 Å².